The number of aromatic nitrogens is 1. The summed E-state index contributed by atoms with van der Waals surface area (Å²) in [6.07, 6.45) is -4.16. The van der Waals surface area contributed by atoms with Gasteiger partial charge in [-0.1, -0.05) is 6.07 Å². The largest absolute Gasteiger partial charge is 0.574 e. The van der Waals surface area contributed by atoms with Crippen molar-refractivity contribution in [1.82, 2.24) is 14.2 Å². The molecule has 1 aromatic heterocycles. The zero-order valence-electron chi connectivity index (χ0n) is 18.5. The van der Waals surface area contributed by atoms with Crippen molar-refractivity contribution >= 4 is 15.9 Å². The van der Waals surface area contributed by atoms with E-state index < -0.39 is 39.6 Å². The number of hydrogen-bond donors (Lipinski definition) is 1. The van der Waals surface area contributed by atoms with Gasteiger partial charge in [0.05, 0.1) is 16.9 Å². The molecule has 2 aromatic rings. The molecule has 34 heavy (non-hydrogen) atoms. The minimum Gasteiger partial charge on any atom is -0.503 e. The van der Waals surface area contributed by atoms with E-state index in [4.69, 9.17) is 0 Å². The molecule has 0 aliphatic carbocycles. The Morgan fingerprint density at radius 1 is 1.26 bits per heavy atom. The predicted molar refractivity (Wildman–Crippen MR) is 115 cm³/mol. The highest BCUT2D eigenvalue weighted by Crippen LogP contribution is 2.44. The molecule has 2 saturated heterocycles. The zero-order valence-corrected chi connectivity index (χ0v) is 19.3. The fraction of sp³-hybridized carbons (Fsp3) is 0.476. The van der Waals surface area contributed by atoms with E-state index in [1.165, 1.54) is 39.9 Å². The summed E-state index contributed by atoms with van der Waals surface area (Å²) in [6.45, 7) is 2.72. The average molecular weight is 505 g/mol. The van der Waals surface area contributed by atoms with Crippen LogP contribution in [0, 0.1) is 5.82 Å². The number of alkyl halides is 3. The van der Waals surface area contributed by atoms with Crippen molar-refractivity contribution in [3.05, 3.63) is 47.9 Å². The summed E-state index contributed by atoms with van der Waals surface area (Å²) in [5.74, 6) is -2.19. The molecule has 2 fully saturated rings. The second-order valence-corrected chi connectivity index (χ2v) is 10.6. The van der Waals surface area contributed by atoms with Crippen LogP contribution in [0.25, 0.3) is 0 Å². The van der Waals surface area contributed by atoms with Gasteiger partial charge in [0.1, 0.15) is 5.82 Å². The average Bonchev–Trinajstić information content (AvgIpc) is 2.90. The molecule has 0 amide bonds. The number of ether oxygens (including phenoxy) is 1. The van der Waals surface area contributed by atoms with E-state index in [1.807, 2.05) is 11.8 Å². The van der Waals surface area contributed by atoms with Crippen LogP contribution >= 0.6 is 0 Å². The van der Waals surface area contributed by atoms with Crippen molar-refractivity contribution in [2.75, 3.05) is 24.4 Å². The third-order valence-electron chi connectivity index (χ3n) is 6.25. The second-order valence-electron chi connectivity index (χ2n) is 8.68. The highest BCUT2D eigenvalue weighted by molar-refractivity contribution is 7.90. The van der Waals surface area contributed by atoms with Gasteiger partial charge in [-0.25, -0.2) is 9.37 Å². The molecule has 8 nitrogen and oxygen atoms in total. The van der Waals surface area contributed by atoms with Crippen LogP contribution in [0.1, 0.15) is 25.5 Å². The van der Waals surface area contributed by atoms with Crippen LogP contribution < -0.4 is 9.04 Å². The van der Waals surface area contributed by atoms with E-state index in [1.54, 1.807) is 6.07 Å². The van der Waals surface area contributed by atoms with Crippen LogP contribution in [0.3, 0.4) is 0 Å². The number of aromatic hydroxyl groups is 1. The lowest BCUT2D eigenvalue weighted by molar-refractivity contribution is -0.276. The van der Waals surface area contributed by atoms with Gasteiger partial charge in [0.2, 0.25) is 0 Å². The third kappa shape index (κ3) is 4.64. The fourth-order valence-electron chi connectivity index (χ4n) is 4.82. The number of piperidine rings is 1. The molecule has 4 rings (SSSR count). The van der Waals surface area contributed by atoms with Crippen LogP contribution in [-0.4, -0.2) is 65.8 Å². The molecule has 0 unspecified atom stereocenters. The Kier molecular flexibility index (Phi) is 6.15. The summed E-state index contributed by atoms with van der Waals surface area (Å²) in [5.41, 5.74) is -0.290. The van der Waals surface area contributed by atoms with Gasteiger partial charge >= 0.3 is 16.6 Å². The van der Waals surface area contributed by atoms with Crippen LogP contribution in [0.2, 0.25) is 0 Å². The molecule has 1 spiro atoms. The van der Waals surface area contributed by atoms with Crippen LogP contribution in [0.15, 0.2) is 36.4 Å². The Labute approximate surface area is 194 Å². The summed E-state index contributed by atoms with van der Waals surface area (Å²) in [4.78, 5) is 5.76. The molecule has 3 heterocycles. The van der Waals surface area contributed by atoms with E-state index >= 15 is 0 Å². The summed E-state index contributed by atoms with van der Waals surface area (Å²) >= 11 is 0. The monoisotopic (exact) mass is 504 g/mol. The summed E-state index contributed by atoms with van der Waals surface area (Å²) in [7, 11) is -2.37. The Balaban J connectivity index is 1.56. The van der Waals surface area contributed by atoms with Crippen molar-refractivity contribution in [3.63, 3.8) is 0 Å². The lowest BCUT2D eigenvalue weighted by Gasteiger charge is -2.47. The smallest absolute Gasteiger partial charge is 0.503 e. The first-order chi connectivity index (χ1) is 15.8. The number of benzene rings is 1. The minimum absolute atomic E-state index is 0.172. The Bertz CT molecular complexity index is 1180. The number of nitrogens with zero attached hydrogens (tertiary/aromatic N) is 4. The predicted octanol–water partition coefficient (Wildman–Crippen LogP) is 3.24. The molecule has 1 aromatic carbocycles. The maximum absolute atomic E-state index is 13.9. The number of hydrogen-bond acceptors (Lipinski definition) is 6. The molecule has 0 bridgehead atoms. The number of halogens is 4. The Morgan fingerprint density at radius 2 is 2.00 bits per heavy atom. The van der Waals surface area contributed by atoms with Gasteiger partial charge in [0.15, 0.2) is 5.75 Å². The molecule has 13 heteroatoms. The molecule has 2 atom stereocenters. The highest BCUT2D eigenvalue weighted by Gasteiger charge is 2.55. The van der Waals surface area contributed by atoms with E-state index in [2.05, 4.69) is 9.72 Å². The van der Waals surface area contributed by atoms with Gasteiger partial charge < -0.3 is 9.84 Å². The molecular formula is C21H24F4N4O4S. The van der Waals surface area contributed by atoms with Crippen molar-refractivity contribution in [2.45, 2.75) is 44.3 Å². The molecule has 2 aliphatic heterocycles. The van der Waals surface area contributed by atoms with Gasteiger partial charge in [-0.05, 0) is 50.1 Å². The van der Waals surface area contributed by atoms with Gasteiger partial charge in [0, 0.05) is 32.7 Å². The van der Waals surface area contributed by atoms with Crippen molar-refractivity contribution in [2.24, 2.45) is 0 Å². The molecular weight excluding hydrogens is 480 g/mol. The van der Waals surface area contributed by atoms with E-state index in [0.29, 0.717) is 19.4 Å². The summed E-state index contributed by atoms with van der Waals surface area (Å²) in [5, 5.41) is 9.63. The SMILES string of the molecule is C[C@H]1C[C@]2(CCN1Cc1ccc(O)c(OC(F)(F)F)n1)CN(C)S(=O)(=O)N2c1cccc(F)c1. The van der Waals surface area contributed by atoms with Crippen molar-refractivity contribution < 1.29 is 35.8 Å². The number of likely N-dealkylation sites (tertiary alicyclic amines) is 1. The minimum atomic E-state index is -4.99. The lowest BCUT2D eigenvalue weighted by atomic mass is 9.83. The maximum Gasteiger partial charge on any atom is 0.574 e. The van der Waals surface area contributed by atoms with Crippen LogP contribution in [-0.2, 0) is 16.8 Å². The fourth-order valence-corrected chi connectivity index (χ4v) is 6.60. The quantitative estimate of drug-likeness (QED) is 0.644. The lowest BCUT2D eigenvalue weighted by Crippen LogP contribution is -2.57. The normalized spacial score (nSPS) is 25.7. The molecule has 2 aliphatic rings. The van der Waals surface area contributed by atoms with Crippen LogP contribution in [0.4, 0.5) is 23.2 Å². The summed E-state index contributed by atoms with van der Waals surface area (Å²) < 4.78 is 84.2. The Hall–Kier alpha value is -2.64. The van der Waals surface area contributed by atoms with Gasteiger partial charge in [0.25, 0.3) is 5.88 Å². The standard InChI is InChI=1S/C21H24F4N4O4S/c1-14-11-20(13-27(2)34(31,32)29(20)17-5-3-4-15(22)10-17)8-9-28(14)12-16-6-7-18(30)19(26-16)33-21(23,24)25/h3-7,10,14,30H,8-9,11-13H2,1-2H3/t14-,20+/m0/s1. The van der Waals surface area contributed by atoms with Crippen molar-refractivity contribution in [3.8, 4) is 11.6 Å². The first kappa shape index (κ1) is 24.5. The van der Waals surface area contributed by atoms with Crippen molar-refractivity contribution in [1.29, 1.82) is 0 Å². The summed E-state index contributed by atoms with van der Waals surface area (Å²) in [6, 6.07) is 7.77. The van der Waals surface area contributed by atoms with E-state index in [-0.39, 0.29) is 30.5 Å². The molecule has 1 N–H and O–H groups in total. The Morgan fingerprint density at radius 3 is 2.65 bits per heavy atom. The van der Waals surface area contributed by atoms with Crippen LogP contribution in [0.5, 0.6) is 11.6 Å². The maximum atomic E-state index is 13.9. The van der Waals surface area contributed by atoms with E-state index in [0.717, 1.165) is 6.07 Å². The highest BCUT2D eigenvalue weighted by atomic mass is 32.2. The zero-order chi connectivity index (χ0) is 24.9. The molecule has 0 saturated carbocycles. The van der Waals surface area contributed by atoms with Gasteiger partial charge in [-0.15, -0.1) is 13.2 Å². The molecule has 186 valence electrons. The first-order valence-corrected chi connectivity index (χ1v) is 11.9. The topological polar surface area (TPSA) is 86.2 Å². The third-order valence-corrected chi connectivity index (χ3v) is 8.23. The number of rotatable bonds is 4. The number of pyridine rings is 1. The molecule has 0 radical (unpaired) electrons. The van der Waals surface area contributed by atoms with Gasteiger partial charge in [-0.3, -0.25) is 9.21 Å². The number of anilines is 1. The van der Waals surface area contributed by atoms with Gasteiger partial charge in [-0.2, -0.15) is 12.7 Å². The second kappa shape index (κ2) is 8.54. The van der Waals surface area contributed by atoms with E-state index in [9.17, 15) is 31.1 Å². The number of likely N-dealkylation sites (N-methyl/N-ethyl adjacent to an activating group) is 1. The first-order valence-electron chi connectivity index (χ1n) is 10.5.